The molecule has 0 bridgehead atoms. The van der Waals surface area contributed by atoms with Crippen LogP contribution in [0.1, 0.15) is 18.2 Å². The summed E-state index contributed by atoms with van der Waals surface area (Å²) in [7, 11) is -3.63. The van der Waals surface area contributed by atoms with Crippen molar-refractivity contribution in [2.45, 2.75) is 25.1 Å². The molecule has 0 spiro atoms. The minimum absolute atomic E-state index is 0.0595. The van der Waals surface area contributed by atoms with Crippen LogP contribution in [-0.2, 0) is 23.1 Å². The number of nitrogens with zero attached hydrogens (tertiary/aromatic N) is 1. The maximum atomic E-state index is 12.5. The van der Waals surface area contributed by atoms with E-state index in [1.807, 2.05) is 30.3 Å². The van der Waals surface area contributed by atoms with Crippen LogP contribution in [-0.4, -0.2) is 19.3 Å². The van der Waals surface area contributed by atoms with E-state index in [9.17, 15) is 8.42 Å². The molecule has 108 valence electrons. The Hall–Kier alpha value is -1.63. The van der Waals surface area contributed by atoms with Crippen LogP contribution in [0.25, 0.3) is 0 Å². The molecule has 2 N–H and O–H groups in total. The zero-order valence-corrected chi connectivity index (χ0v) is 12.1. The van der Waals surface area contributed by atoms with Gasteiger partial charge in [0.25, 0.3) is 10.0 Å². The fraction of sp³-hybridized carbons (Fsp3) is 0.286. The molecule has 2 rings (SSSR count). The van der Waals surface area contributed by atoms with E-state index in [-0.39, 0.29) is 11.6 Å². The average Bonchev–Trinajstić information content (AvgIpc) is 2.95. The molecule has 0 radical (unpaired) electrons. The predicted molar refractivity (Wildman–Crippen MR) is 76.3 cm³/mol. The summed E-state index contributed by atoms with van der Waals surface area (Å²) in [6.45, 7) is 2.67. The van der Waals surface area contributed by atoms with Gasteiger partial charge in [0, 0.05) is 13.1 Å². The fourth-order valence-electron chi connectivity index (χ4n) is 1.89. The number of hydrogen-bond donors (Lipinski definition) is 1. The lowest BCUT2D eigenvalue weighted by Crippen LogP contribution is -2.30. The molecule has 0 amide bonds. The monoisotopic (exact) mass is 294 g/mol. The molecule has 0 aliphatic heterocycles. The van der Waals surface area contributed by atoms with Crippen LogP contribution in [0.4, 0.5) is 0 Å². The van der Waals surface area contributed by atoms with Crippen LogP contribution >= 0.6 is 0 Å². The standard InChI is InChI=1S/C14H18N2O3S/c1-2-16(11-12-6-4-3-5-7-12)20(17,18)14-9-8-13(10-15)19-14/h3-9H,2,10-11,15H2,1H3. The van der Waals surface area contributed by atoms with Gasteiger partial charge in [-0.05, 0) is 17.7 Å². The number of sulfonamides is 1. The molecule has 1 heterocycles. The van der Waals surface area contributed by atoms with Crippen molar-refractivity contribution in [3.05, 3.63) is 53.8 Å². The van der Waals surface area contributed by atoms with E-state index < -0.39 is 10.0 Å². The summed E-state index contributed by atoms with van der Waals surface area (Å²) < 4.78 is 31.6. The van der Waals surface area contributed by atoms with Gasteiger partial charge in [-0.1, -0.05) is 37.3 Å². The van der Waals surface area contributed by atoms with Crippen LogP contribution in [0.15, 0.2) is 52.0 Å². The summed E-state index contributed by atoms with van der Waals surface area (Å²) in [5, 5.41) is -0.0595. The Labute approximate surface area is 119 Å². The van der Waals surface area contributed by atoms with E-state index >= 15 is 0 Å². The molecule has 20 heavy (non-hydrogen) atoms. The lowest BCUT2D eigenvalue weighted by molar-refractivity contribution is 0.372. The molecule has 0 aliphatic carbocycles. The van der Waals surface area contributed by atoms with Gasteiger partial charge in [-0.2, -0.15) is 4.31 Å². The molecule has 0 unspecified atom stereocenters. The van der Waals surface area contributed by atoms with Crippen LogP contribution < -0.4 is 5.73 Å². The van der Waals surface area contributed by atoms with Gasteiger partial charge in [-0.3, -0.25) is 0 Å². The first-order valence-corrected chi connectivity index (χ1v) is 7.84. The Bertz CT molecular complexity index is 650. The molecule has 0 saturated heterocycles. The van der Waals surface area contributed by atoms with Gasteiger partial charge in [-0.15, -0.1) is 0 Å². The summed E-state index contributed by atoms with van der Waals surface area (Å²) in [6.07, 6.45) is 0. The molecule has 1 aromatic carbocycles. The predicted octanol–water partition coefficient (Wildman–Crippen LogP) is 1.95. The van der Waals surface area contributed by atoms with Crippen molar-refractivity contribution < 1.29 is 12.8 Å². The molecule has 0 fully saturated rings. The van der Waals surface area contributed by atoms with Crippen molar-refractivity contribution in [2.24, 2.45) is 5.73 Å². The molecular formula is C14H18N2O3S. The Kier molecular flexibility index (Phi) is 4.59. The number of rotatable bonds is 6. The third kappa shape index (κ3) is 3.09. The first-order chi connectivity index (χ1) is 9.57. The van der Waals surface area contributed by atoms with Crippen molar-refractivity contribution in [3.63, 3.8) is 0 Å². The Morgan fingerprint density at radius 2 is 1.85 bits per heavy atom. The zero-order chi connectivity index (χ0) is 14.6. The largest absolute Gasteiger partial charge is 0.447 e. The zero-order valence-electron chi connectivity index (χ0n) is 11.3. The van der Waals surface area contributed by atoms with Gasteiger partial charge >= 0.3 is 0 Å². The SMILES string of the molecule is CCN(Cc1ccccc1)S(=O)(=O)c1ccc(CN)o1. The fourth-order valence-corrected chi connectivity index (χ4v) is 3.25. The molecule has 2 aromatic rings. The van der Waals surface area contributed by atoms with Crippen LogP contribution in [0, 0.1) is 0 Å². The molecule has 5 nitrogen and oxygen atoms in total. The van der Waals surface area contributed by atoms with E-state index in [0.717, 1.165) is 5.56 Å². The second kappa shape index (κ2) is 6.21. The van der Waals surface area contributed by atoms with Crippen LogP contribution in [0.5, 0.6) is 0 Å². The van der Waals surface area contributed by atoms with Crippen LogP contribution in [0.3, 0.4) is 0 Å². The lowest BCUT2D eigenvalue weighted by Gasteiger charge is -2.19. The second-order valence-electron chi connectivity index (χ2n) is 4.34. The summed E-state index contributed by atoms with van der Waals surface area (Å²) in [5.41, 5.74) is 6.37. The first kappa shape index (κ1) is 14.8. The van der Waals surface area contributed by atoms with Crippen molar-refractivity contribution in [1.29, 1.82) is 0 Å². The topological polar surface area (TPSA) is 76.5 Å². The van der Waals surface area contributed by atoms with Crippen molar-refractivity contribution in [3.8, 4) is 0 Å². The Morgan fingerprint density at radius 1 is 1.15 bits per heavy atom. The third-order valence-electron chi connectivity index (χ3n) is 2.99. The summed E-state index contributed by atoms with van der Waals surface area (Å²) in [4.78, 5) is 0. The number of nitrogens with two attached hydrogens (primary N) is 1. The number of furan rings is 1. The van der Waals surface area contributed by atoms with E-state index in [1.165, 1.54) is 10.4 Å². The van der Waals surface area contributed by atoms with Gasteiger partial charge in [0.15, 0.2) is 0 Å². The van der Waals surface area contributed by atoms with E-state index in [1.54, 1.807) is 13.0 Å². The lowest BCUT2D eigenvalue weighted by atomic mass is 10.2. The highest BCUT2D eigenvalue weighted by Crippen LogP contribution is 2.20. The van der Waals surface area contributed by atoms with Gasteiger partial charge < -0.3 is 10.2 Å². The van der Waals surface area contributed by atoms with E-state index in [2.05, 4.69) is 0 Å². The molecule has 6 heteroatoms. The Balaban J connectivity index is 2.25. The van der Waals surface area contributed by atoms with Crippen molar-refractivity contribution >= 4 is 10.0 Å². The smallest absolute Gasteiger partial charge is 0.276 e. The van der Waals surface area contributed by atoms with Gasteiger partial charge in [-0.25, -0.2) is 8.42 Å². The summed E-state index contributed by atoms with van der Waals surface area (Å²) in [5.74, 6) is 0.458. The summed E-state index contributed by atoms with van der Waals surface area (Å²) >= 11 is 0. The molecule has 0 aliphatic rings. The average molecular weight is 294 g/mol. The highest BCUT2D eigenvalue weighted by molar-refractivity contribution is 7.89. The minimum atomic E-state index is -3.63. The first-order valence-electron chi connectivity index (χ1n) is 6.40. The quantitative estimate of drug-likeness (QED) is 0.883. The normalized spacial score (nSPS) is 11.9. The highest BCUT2D eigenvalue weighted by Gasteiger charge is 2.26. The number of hydrogen-bond acceptors (Lipinski definition) is 4. The maximum Gasteiger partial charge on any atom is 0.276 e. The van der Waals surface area contributed by atoms with Gasteiger partial charge in [0.1, 0.15) is 5.76 Å². The number of benzene rings is 1. The molecule has 0 saturated carbocycles. The van der Waals surface area contributed by atoms with Crippen molar-refractivity contribution in [1.82, 2.24) is 4.31 Å². The van der Waals surface area contributed by atoms with E-state index in [4.69, 9.17) is 10.2 Å². The van der Waals surface area contributed by atoms with Gasteiger partial charge in [0.2, 0.25) is 5.09 Å². The molecule has 0 atom stereocenters. The van der Waals surface area contributed by atoms with Gasteiger partial charge in [0.05, 0.1) is 6.54 Å². The summed E-state index contributed by atoms with van der Waals surface area (Å²) in [6, 6.07) is 12.5. The highest BCUT2D eigenvalue weighted by atomic mass is 32.2. The van der Waals surface area contributed by atoms with Crippen LogP contribution in [0.2, 0.25) is 0 Å². The molecule has 1 aromatic heterocycles. The third-order valence-corrected chi connectivity index (χ3v) is 4.78. The molecular weight excluding hydrogens is 276 g/mol. The Morgan fingerprint density at radius 3 is 2.40 bits per heavy atom. The second-order valence-corrected chi connectivity index (χ2v) is 6.21. The minimum Gasteiger partial charge on any atom is -0.447 e. The van der Waals surface area contributed by atoms with Crippen molar-refractivity contribution in [2.75, 3.05) is 6.54 Å². The maximum absolute atomic E-state index is 12.5. The van der Waals surface area contributed by atoms with E-state index in [0.29, 0.717) is 18.8 Å².